The number of para-hydroxylation sites is 1. The number of aromatic amines is 1. The second-order valence-corrected chi connectivity index (χ2v) is 34.1. The number of amides is 17. The lowest BCUT2D eigenvalue weighted by atomic mass is 9.83. The van der Waals surface area contributed by atoms with Crippen LogP contribution < -0.4 is 76.1 Å². The number of rotatable bonds is 35. The largest absolute Gasteiger partial charge is 0.391 e. The van der Waals surface area contributed by atoms with E-state index >= 15 is 33.6 Å². The van der Waals surface area contributed by atoms with E-state index < -0.39 is 262 Å². The number of nitrogens with one attached hydrogen (secondary N) is 11. The van der Waals surface area contributed by atoms with Gasteiger partial charge in [-0.2, -0.15) is 8.42 Å². The van der Waals surface area contributed by atoms with Gasteiger partial charge in [0.15, 0.2) is 5.96 Å². The number of aromatic nitrogens is 1. The smallest absolute Gasteiger partial charge is 0.267 e. The van der Waals surface area contributed by atoms with Gasteiger partial charge in [-0.05, 0) is 93.2 Å². The molecule has 0 bridgehead atoms. The van der Waals surface area contributed by atoms with Crippen molar-refractivity contribution in [2.24, 2.45) is 44.7 Å². The molecule has 0 aliphatic carbocycles. The predicted molar refractivity (Wildman–Crippen MR) is 433 cm³/mol. The summed E-state index contributed by atoms with van der Waals surface area (Å²) in [7, 11) is -3.86. The maximum atomic E-state index is 15.7. The number of primary amides is 2. The summed E-state index contributed by atoms with van der Waals surface area (Å²) in [6, 6.07) is -8.01. The van der Waals surface area contributed by atoms with E-state index in [1.54, 1.807) is 110 Å². The van der Waals surface area contributed by atoms with Crippen LogP contribution in [0.5, 0.6) is 0 Å². The number of hydrogen-bond acceptors (Lipinski definition) is 22. The van der Waals surface area contributed by atoms with Gasteiger partial charge in [0.1, 0.15) is 84.3 Å². The topological polar surface area (TPSA) is 651 Å². The number of aliphatic imine (C=N–C) groups is 1. The minimum atomic E-state index is -5.62. The Labute approximate surface area is 694 Å². The zero-order valence-electron chi connectivity index (χ0n) is 69.5. The zero-order chi connectivity index (χ0) is 90.3. The molecule has 0 saturated carbocycles. The molecular weight excluding hydrogens is 1590 g/mol. The van der Waals surface area contributed by atoms with Crippen LogP contribution >= 0.6 is 0 Å². The predicted octanol–water partition coefficient (Wildman–Crippen LogP) is -5.55. The molecule has 15 atom stereocenters. The number of aliphatic hydroxyl groups excluding tert-OH is 2. The molecule has 22 N–H and O–H groups in total. The molecule has 15 unspecified atom stereocenters. The third kappa shape index (κ3) is 28.8. The highest BCUT2D eigenvalue weighted by Gasteiger charge is 2.49. The monoisotopic (exact) mass is 1700 g/mol. The molecule has 0 spiro atoms. The first-order valence-electron chi connectivity index (χ1n) is 39.0. The quantitative estimate of drug-likeness (QED) is 0.00858. The highest BCUT2D eigenvalue weighted by atomic mass is 32.2. The van der Waals surface area contributed by atoms with Crippen LogP contribution in [0.1, 0.15) is 139 Å². The molecular formula is C77H116N20O22S. The number of H-pyrrole nitrogens is 1. The van der Waals surface area contributed by atoms with Gasteiger partial charge >= 0.3 is 0 Å². The first kappa shape index (κ1) is 98.8. The summed E-state index contributed by atoms with van der Waals surface area (Å²) in [4.78, 5) is 253. The summed E-state index contributed by atoms with van der Waals surface area (Å²) >= 11 is 0. The van der Waals surface area contributed by atoms with Crippen LogP contribution in [0.15, 0.2) is 65.8 Å². The fourth-order valence-electron chi connectivity index (χ4n) is 13.7. The van der Waals surface area contributed by atoms with E-state index in [2.05, 4.69) is 63.1 Å². The van der Waals surface area contributed by atoms with E-state index in [-0.39, 0.29) is 43.7 Å². The molecule has 2 aromatic carbocycles. The van der Waals surface area contributed by atoms with Crippen molar-refractivity contribution >= 4 is 128 Å². The average Bonchev–Trinajstić information content (AvgIpc) is 1.74. The van der Waals surface area contributed by atoms with Gasteiger partial charge in [0.2, 0.25) is 95.0 Å². The molecule has 42 nitrogen and oxygen atoms in total. The second-order valence-electron chi connectivity index (χ2n) is 32.6. The summed E-state index contributed by atoms with van der Waals surface area (Å²) in [6.45, 7) is 14.4. The van der Waals surface area contributed by atoms with Gasteiger partial charge < -0.3 is 106 Å². The van der Waals surface area contributed by atoms with Gasteiger partial charge in [-0.3, -0.25) is 96.0 Å². The van der Waals surface area contributed by atoms with Crippen molar-refractivity contribution in [3.63, 3.8) is 0 Å². The lowest BCUT2D eigenvalue weighted by Gasteiger charge is -2.38. The molecule has 3 heterocycles. The number of likely N-dealkylation sites (N-methyl/N-ethyl adjacent to an activating group) is 2. The van der Waals surface area contributed by atoms with Crippen molar-refractivity contribution in [2.75, 3.05) is 39.5 Å². The molecule has 43 heteroatoms. The summed E-state index contributed by atoms with van der Waals surface area (Å²) < 4.78 is 37.2. The molecule has 2 aliphatic heterocycles. The summed E-state index contributed by atoms with van der Waals surface area (Å²) in [5, 5.41) is 48.1. The number of nitrogens with zero attached hydrogens (tertiary/aromatic N) is 5. The number of imide groups is 1. The van der Waals surface area contributed by atoms with Gasteiger partial charge in [0, 0.05) is 63.5 Å². The minimum Gasteiger partial charge on any atom is -0.391 e. The molecule has 5 rings (SSSR count). The van der Waals surface area contributed by atoms with Crippen LogP contribution in [0, 0.1) is 16.7 Å². The summed E-state index contributed by atoms with van der Waals surface area (Å²) in [6.07, 6.45) is -5.72. The van der Waals surface area contributed by atoms with Crippen molar-refractivity contribution in [2.45, 2.75) is 231 Å². The van der Waals surface area contributed by atoms with Crippen molar-refractivity contribution < 1.29 is 105 Å². The van der Waals surface area contributed by atoms with Gasteiger partial charge in [-0.1, -0.05) is 104 Å². The van der Waals surface area contributed by atoms with Crippen LogP contribution in [0.2, 0.25) is 0 Å². The highest BCUT2D eigenvalue weighted by Crippen LogP contribution is 2.28. The van der Waals surface area contributed by atoms with Crippen LogP contribution in [0.25, 0.3) is 10.9 Å². The van der Waals surface area contributed by atoms with Gasteiger partial charge in [0.25, 0.3) is 16.0 Å². The Balaban J connectivity index is 1.62. The Morgan fingerprint density at radius 2 is 1.22 bits per heavy atom. The van der Waals surface area contributed by atoms with Crippen LogP contribution in [0.3, 0.4) is 0 Å². The van der Waals surface area contributed by atoms with Crippen molar-refractivity contribution in [1.82, 2.24) is 77.8 Å². The Kier molecular flexibility index (Phi) is 36.1. The van der Waals surface area contributed by atoms with E-state index in [0.29, 0.717) is 44.7 Å². The number of carbonyl (C=O) groups excluding carboxylic acids is 17. The maximum Gasteiger partial charge on any atom is 0.267 e. The second kappa shape index (κ2) is 43.8. The van der Waals surface area contributed by atoms with Crippen LogP contribution in [0.4, 0.5) is 0 Å². The number of likely N-dealkylation sites (tertiary alicyclic amines) is 1. The normalized spacial score (nSPS) is 20.4. The Morgan fingerprint density at radius 1 is 0.650 bits per heavy atom. The van der Waals surface area contributed by atoms with E-state index in [4.69, 9.17) is 22.9 Å². The zero-order valence-corrected chi connectivity index (χ0v) is 70.4. The number of fused-ring (bicyclic) bond motifs is 1. The molecule has 3 aromatic rings. The van der Waals surface area contributed by atoms with Crippen molar-refractivity contribution in [3.05, 3.63) is 71.9 Å². The van der Waals surface area contributed by atoms with E-state index in [9.17, 15) is 71.1 Å². The molecule has 120 heavy (non-hydrogen) atoms. The number of hydrogen-bond donors (Lipinski definition) is 18. The van der Waals surface area contributed by atoms with Crippen molar-refractivity contribution in [3.8, 4) is 0 Å². The molecule has 0 radical (unpaired) electrons. The Bertz CT molecular complexity index is 4390. The van der Waals surface area contributed by atoms with E-state index in [0.717, 1.165) is 27.9 Å². The van der Waals surface area contributed by atoms with Gasteiger partial charge in [-0.15, -0.1) is 0 Å². The third-order valence-electron chi connectivity index (χ3n) is 20.0. The van der Waals surface area contributed by atoms with Gasteiger partial charge in [0.05, 0.1) is 25.2 Å². The fourth-order valence-corrected chi connectivity index (χ4v) is 14.3. The van der Waals surface area contributed by atoms with E-state index in [1.165, 1.54) is 18.0 Å². The molecule has 2 saturated heterocycles. The first-order valence-corrected chi connectivity index (χ1v) is 40.6. The average molecular weight is 1710 g/mol. The fraction of sp³-hybridized carbons (Fsp3) is 0.584. The number of nitrogens with two attached hydrogens (primary N) is 4. The molecule has 2 aliphatic rings. The van der Waals surface area contributed by atoms with Crippen LogP contribution in [-0.2, 0) is 104 Å². The van der Waals surface area contributed by atoms with Crippen molar-refractivity contribution in [1.29, 1.82) is 0 Å². The molecule has 17 amide bonds. The van der Waals surface area contributed by atoms with Gasteiger partial charge in [-0.25, -0.2) is 0 Å². The maximum absolute atomic E-state index is 15.7. The number of aliphatic hydroxyl groups is 2. The van der Waals surface area contributed by atoms with Crippen LogP contribution in [-0.4, -0.2) is 285 Å². The standard InChI is InChI=1S/C77H116N20O22S/c1-39(2)31-48-64(106)86-50(34-56(79)102)66(108)91-58(41(4)99)73(115)94(12)36-57(103)97(59(42(5)100)74(116)95(13)53(67(109)87-48)27-28-55(78)101)72(114)52(37-120(117,118)119)90-63(105)47(25-19-29-82-75(80)81)85-65(107)49(33-44-35-83-46-24-18-17-23-45(44)46)88-69(111)60(76(6,7)8)93-70(112)61(77(9,10)11)92-68(110)54-26-20-30-96(54)71(113)51(32-43-21-15-14-16-22-43)89-62(104)40(3)84-38-98/h14-18,21-24,35,38-42,47-54,58-61,83,99-100H,19-20,25-34,36-37H2,1-13H3,(H2,78,101)(H2,79,102)(H,84,98)(H,85,107)(H,86,106)(H,87,109)(H,88,111)(H,89,104)(H,90,105)(H,91,108)(H,92,110)(H,93,112)(H4,80,81,82)(H,117,118,119). The third-order valence-corrected chi connectivity index (χ3v) is 20.8. The lowest BCUT2D eigenvalue weighted by molar-refractivity contribution is -0.163. The first-order chi connectivity index (χ1) is 55.9. The highest BCUT2D eigenvalue weighted by molar-refractivity contribution is 7.85. The number of benzene rings is 2. The lowest BCUT2D eigenvalue weighted by Crippen LogP contribution is -2.66. The number of guanidine groups is 1. The summed E-state index contributed by atoms with van der Waals surface area (Å²) in [5.41, 5.74) is 21.4. The molecule has 1 aromatic heterocycles. The molecule has 662 valence electrons. The Morgan fingerprint density at radius 3 is 1.79 bits per heavy atom. The minimum absolute atomic E-state index is 0.00371. The SMILES string of the molecule is CC(C)CC1NC(=O)C(CCC(N)=O)N(C)C(=O)C(C(C)O)N(C(=O)C(CS(=O)(=O)O)NC(=O)C(CCCN=C(N)N)NC(=O)C(Cc2c[nH]c3ccccc23)NC(=O)C(NC(=O)C(NC(=O)C2CCCN2C(=O)C(Cc2ccccc2)NC(=O)C(C)NC=O)C(C)(C)C)C(C)(C)C)C(=O)CN(C)C(=O)C(C(C)O)NC(=O)C(CC(N)=O)NC1=O. The molecule has 2 fully saturated rings. The number of carbonyl (C=O) groups is 17. The van der Waals surface area contributed by atoms with E-state index in [1.807, 2.05) is 0 Å². The Hall–Kier alpha value is -11.7. The summed E-state index contributed by atoms with van der Waals surface area (Å²) in [5.74, 6) is -22.1.